The monoisotopic (exact) mass is 823 g/mol. The minimum atomic E-state index is -2.33. The van der Waals surface area contributed by atoms with E-state index in [0.717, 1.165) is 6.92 Å². The maximum atomic E-state index is 15.0. The molecule has 2 saturated carbocycles. The molecule has 15 heteroatoms. The highest BCUT2D eigenvalue weighted by Gasteiger charge is 2.78. The standard InChI is InChI=1S/C43H53NO13S/c1-22-26(55-37(51)31(48)32(24-15-11-9-12-16-24)58-38(52)44-39(3,4)5)20-43(53)35(56-36(50)25-17-13-10-14-18-25)33-41(8,34(49)30(47)29(22)40(43,6)7)27(46)19-28-42(33,21-54-28)57-23(2)45/h9-18,26-28,30-33,35,46-48,53H,19-21H2,1-8H3,(H,44,52)/t26-,27-,28+,30+,31+,32-,33-,35-,41+,42-,43+/m0/s1. The van der Waals surface area contributed by atoms with Crippen LogP contribution in [-0.2, 0) is 33.3 Å². The quantitative estimate of drug-likeness (QED) is 0.145. The van der Waals surface area contributed by atoms with Crippen LogP contribution in [0.15, 0.2) is 71.8 Å². The average molecular weight is 824 g/mol. The third-order valence-electron chi connectivity index (χ3n) is 12.5. The first-order valence-electron chi connectivity index (χ1n) is 19.3. The van der Waals surface area contributed by atoms with Crippen molar-refractivity contribution in [3.63, 3.8) is 0 Å². The molecule has 2 bridgehead atoms. The number of amides is 1. The van der Waals surface area contributed by atoms with Gasteiger partial charge in [-0.3, -0.25) is 14.4 Å². The van der Waals surface area contributed by atoms with Gasteiger partial charge in [0, 0.05) is 30.7 Å². The summed E-state index contributed by atoms with van der Waals surface area (Å²) in [5, 5.41) is 50.3. The second-order valence-corrected chi connectivity index (χ2v) is 18.8. The molecule has 58 heavy (non-hydrogen) atoms. The Bertz CT molecular complexity index is 1980. The van der Waals surface area contributed by atoms with Gasteiger partial charge in [-0.25, -0.2) is 9.59 Å². The Balaban J connectivity index is 1.49. The maximum absolute atomic E-state index is 15.0. The van der Waals surface area contributed by atoms with Gasteiger partial charge in [0.05, 0.1) is 34.9 Å². The van der Waals surface area contributed by atoms with E-state index in [9.17, 15) is 44.4 Å². The normalized spacial score (nSPS) is 33.8. The van der Waals surface area contributed by atoms with Gasteiger partial charge in [-0.05, 0) is 63.5 Å². The summed E-state index contributed by atoms with van der Waals surface area (Å²) >= 11 is 0.694. The Morgan fingerprint density at radius 3 is 2.12 bits per heavy atom. The minimum Gasteiger partial charge on any atom is -0.456 e. The molecule has 6 rings (SSSR count). The first-order chi connectivity index (χ1) is 27.0. The van der Waals surface area contributed by atoms with Crippen molar-refractivity contribution in [2.45, 2.75) is 127 Å². The van der Waals surface area contributed by atoms with Crippen LogP contribution in [0.1, 0.15) is 89.4 Å². The number of thioether (sulfide) groups is 1. The van der Waals surface area contributed by atoms with Crippen molar-refractivity contribution in [3.8, 4) is 0 Å². The summed E-state index contributed by atoms with van der Waals surface area (Å²) in [5.41, 5.74) is -7.61. The molecule has 11 atom stereocenters. The van der Waals surface area contributed by atoms with E-state index in [1.54, 1.807) is 83.1 Å². The Kier molecular flexibility index (Phi) is 11.6. The number of carbonyl (C=O) groups is 5. The lowest BCUT2D eigenvalue weighted by molar-refractivity contribution is -0.346. The summed E-state index contributed by atoms with van der Waals surface area (Å²) in [5.74, 6) is -5.25. The van der Waals surface area contributed by atoms with Crippen LogP contribution in [0.25, 0.3) is 0 Å². The molecule has 0 aromatic heterocycles. The first-order valence-corrected chi connectivity index (χ1v) is 20.2. The third kappa shape index (κ3) is 7.27. The largest absolute Gasteiger partial charge is 0.456 e. The van der Waals surface area contributed by atoms with Gasteiger partial charge in [0.15, 0.2) is 17.5 Å². The summed E-state index contributed by atoms with van der Waals surface area (Å²) in [7, 11) is 0. The van der Waals surface area contributed by atoms with Gasteiger partial charge >= 0.3 is 17.9 Å². The van der Waals surface area contributed by atoms with E-state index in [1.165, 1.54) is 26.0 Å². The number of aliphatic hydroxyl groups is 4. The molecule has 314 valence electrons. The van der Waals surface area contributed by atoms with Crippen LogP contribution < -0.4 is 5.32 Å². The molecule has 3 aliphatic carbocycles. The maximum Gasteiger partial charge on any atom is 0.338 e. The molecular weight excluding hydrogens is 771 g/mol. The van der Waals surface area contributed by atoms with Crippen molar-refractivity contribution in [3.05, 3.63) is 82.9 Å². The van der Waals surface area contributed by atoms with Gasteiger partial charge in [0.2, 0.25) is 0 Å². The predicted molar refractivity (Wildman–Crippen MR) is 210 cm³/mol. The van der Waals surface area contributed by atoms with Crippen LogP contribution in [-0.4, -0.2) is 109 Å². The Morgan fingerprint density at radius 1 is 0.966 bits per heavy atom. The van der Waals surface area contributed by atoms with E-state index in [2.05, 4.69) is 5.32 Å². The number of Topliss-reactive ketones (excluding diaryl/α,β-unsaturated/α-hetero) is 1. The number of hydrogen-bond donors (Lipinski definition) is 5. The van der Waals surface area contributed by atoms with Gasteiger partial charge in [-0.1, -0.05) is 74.1 Å². The van der Waals surface area contributed by atoms with Crippen molar-refractivity contribution in [2.24, 2.45) is 16.7 Å². The fourth-order valence-corrected chi connectivity index (χ4v) is 10.6. The van der Waals surface area contributed by atoms with Gasteiger partial charge in [0.25, 0.3) is 5.24 Å². The van der Waals surface area contributed by atoms with Crippen LogP contribution in [0.3, 0.4) is 0 Å². The fraction of sp³-hybridized carbons (Fsp3) is 0.558. The number of ether oxygens (including phenoxy) is 4. The summed E-state index contributed by atoms with van der Waals surface area (Å²) in [6.45, 7) is 12.3. The van der Waals surface area contributed by atoms with Crippen molar-refractivity contribution >= 4 is 40.7 Å². The van der Waals surface area contributed by atoms with Crippen LogP contribution >= 0.6 is 11.8 Å². The molecule has 0 radical (unpaired) electrons. The summed E-state index contributed by atoms with van der Waals surface area (Å²) < 4.78 is 24.2. The number of fused-ring (bicyclic) bond motifs is 5. The lowest BCUT2D eigenvalue weighted by Crippen LogP contribution is -2.81. The van der Waals surface area contributed by atoms with E-state index in [1.807, 2.05) is 0 Å². The molecule has 1 saturated heterocycles. The molecule has 1 heterocycles. The van der Waals surface area contributed by atoms with E-state index >= 15 is 0 Å². The van der Waals surface area contributed by atoms with Gasteiger partial charge in [-0.2, -0.15) is 0 Å². The molecule has 0 spiro atoms. The third-order valence-corrected chi connectivity index (χ3v) is 13.6. The lowest BCUT2D eigenvalue weighted by atomic mass is 9.44. The Hall–Kier alpha value is -4.12. The van der Waals surface area contributed by atoms with E-state index < -0.39 is 111 Å². The van der Waals surface area contributed by atoms with Crippen LogP contribution in [0.4, 0.5) is 4.79 Å². The number of aliphatic hydroxyl groups excluding tert-OH is 3. The average Bonchev–Trinajstić information content (AvgIpc) is 3.14. The van der Waals surface area contributed by atoms with Crippen LogP contribution in [0, 0.1) is 16.7 Å². The van der Waals surface area contributed by atoms with Crippen molar-refractivity contribution in [1.29, 1.82) is 0 Å². The van der Waals surface area contributed by atoms with E-state index in [4.69, 9.17) is 18.9 Å². The number of esters is 3. The molecule has 1 aliphatic heterocycles. The predicted octanol–water partition coefficient (Wildman–Crippen LogP) is 3.98. The molecule has 5 N–H and O–H groups in total. The number of benzene rings is 2. The first kappa shape index (κ1) is 43.5. The Labute approximate surface area is 341 Å². The number of rotatable bonds is 8. The minimum absolute atomic E-state index is 0.0433. The number of nitrogens with one attached hydrogen (secondary N) is 1. The number of ketones is 1. The molecule has 14 nitrogen and oxygen atoms in total. The number of hydrogen-bond acceptors (Lipinski definition) is 14. The molecule has 3 fully saturated rings. The second kappa shape index (κ2) is 15.5. The SMILES string of the molecule is CC(=O)O[C@@]12CO[C@@H]1C[C@H](O)[C@@]1(C)C(=O)[C@H](O)C3=C(C)[C@@H](OC(=O)[C@H](O)[C@@H](SC(=O)NC(C)(C)C)c4ccccc4)C[C@@](O)([C@@H](OC(=O)c4ccccc4)[C@H]21)C3(C)C. The zero-order valence-corrected chi connectivity index (χ0v) is 34.7. The zero-order chi connectivity index (χ0) is 42.7. The molecule has 1 amide bonds. The summed E-state index contributed by atoms with van der Waals surface area (Å²) in [6.07, 6.45) is -10.3. The van der Waals surface area contributed by atoms with E-state index in [-0.39, 0.29) is 29.7 Å². The van der Waals surface area contributed by atoms with Crippen molar-refractivity contribution in [2.75, 3.05) is 6.61 Å². The van der Waals surface area contributed by atoms with Crippen molar-refractivity contribution in [1.82, 2.24) is 5.32 Å². The Morgan fingerprint density at radius 2 is 1.57 bits per heavy atom. The summed E-state index contributed by atoms with van der Waals surface area (Å²) in [4.78, 5) is 69.2. The zero-order valence-electron chi connectivity index (χ0n) is 33.9. The highest BCUT2D eigenvalue weighted by atomic mass is 32.2. The molecule has 4 aliphatic rings. The number of carbonyl (C=O) groups excluding carboxylic acids is 5. The topological polar surface area (TPSA) is 215 Å². The highest BCUT2D eigenvalue weighted by molar-refractivity contribution is 8.13. The molecule has 2 aromatic carbocycles. The van der Waals surface area contributed by atoms with Gasteiger partial charge in [0.1, 0.15) is 30.0 Å². The van der Waals surface area contributed by atoms with Crippen LogP contribution in [0.2, 0.25) is 0 Å². The van der Waals surface area contributed by atoms with Gasteiger partial charge < -0.3 is 44.7 Å². The van der Waals surface area contributed by atoms with E-state index in [0.29, 0.717) is 17.3 Å². The van der Waals surface area contributed by atoms with Gasteiger partial charge in [-0.15, -0.1) is 0 Å². The fourth-order valence-electron chi connectivity index (χ4n) is 9.52. The van der Waals surface area contributed by atoms with Crippen LogP contribution in [0.5, 0.6) is 0 Å². The highest BCUT2D eigenvalue weighted by Crippen LogP contribution is 2.64. The lowest BCUT2D eigenvalue weighted by Gasteiger charge is -2.67. The summed E-state index contributed by atoms with van der Waals surface area (Å²) in [6, 6.07) is 16.3. The molecular formula is C43H53NO13S. The molecule has 2 aromatic rings. The van der Waals surface area contributed by atoms with Crippen molar-refractivity contribution < 1.29 is 63.3 Å². The smallest absolute Gasteiger partial charge is 0.338 e. The molecule has 0 unspecified atom stereocenters. The second-order valence-electron chi connectivity index (χ2n) is 17.7.